The first-order valence-corrected chi connectivity index (χ1v) is 6.11. The summed E-state index contributed by atoms with van der Waals surface area (Å²) in [6.45, 7) is 0.0242. The number of hydrogen-bond donors (Lipinski definition) is 1. The van der Waals surface area contributed by atoms with Crippen molar-refractivity contribution in [3.63, 3.8) is 0 Å². The molecule has 0 radical (unpaired) electrons. The van der Waals surface area contributed by atoms with Gasteiger partial charge in [0.25, 0.3) is 5.91 Å². The molecule has 0 aromatic heterocycles. The number of carbonyl (C=O) groups excluding carboxylic acids is 1. The summed E-state index contributed by atoms with van der Waals surface area (Å²) in [5.41, 5.74) is 1.39. The van der Waals surface area contributed by atoms with Crippen molar-refractivity contribution in [2.24, 2.45) is 0 Å². The van der Waals surface area contributed by atoms with Crippen molar-refractivity contribution in [1.29, 1.82) is 10.5 Å². The van der Waals surface area contributed by atoms with E-state index in [4.69, 9.17) is 10.5 Å². The first-order chi connectivity index (χ1) is 10.1. The molecule has 0 heterocycles. The monoisotopic (exact) mass is 279 g/mol. The zero-order valence-corrected chi connectivity index (χ0v) is 10.9. The van der Waals surface area contributed by atoms with Gasteiger partial charge < -0.3 is 5.32 Å². The van der Waals surface area contributed by atoms with Crippen molar-refractivity contribution < 1.29 is 9.18 Å². The molecule has 0 aliphatic heterocycles. The maximum Gasteiger partial charge on any atom is 0.251 e. The number of nitriles is 2. The molecule has 0 aliphatic rings. The molecule has 0 aliphatic carbocycles. The highest BCUT2D eigenvalue weighted by atomic mass is 19.1. The van der Waals surface area contributed by atoms with Crippen LogP contribution in [0, 0.1) is 28.5 Å². The van der Waals surface area contributed by atoms with Crippen LogP contribution >= 0.6 is 0 Å². The lowest BCUT2D eigenvalue weighted by molar-refractivity contribution is 0.0950. The second-order valence-corrected chi connectivity index (χ2v) is 4.29. The van der Waals surface area contributed by atoms with Gasteiger partial charge in [0, 0.05) is 17.7 Å². The van der Waals surface area contributed by atoms with Gasteiger partial charge in [0.2, 0.25) is 0 Å². The lowest BCUT2D eigenvalue weighted by Gasteiger charge is -2.06. The van der Waals surface area contributed by atoms with Crippen molar-refractivity contribution in [2.75, 3.05) is 0 Å². The van der Waals surface area contributed by atoms with Gasteiger partial charge in [-0.25, -0.2) is 4.39 Å². The van der Waals surface area contributed by atoms with Crippen LogP contribution in [-0.4, -0.2) is 5.91 Å². The fourth-order valence-corrected chi connectivity index (χ4v) is 1.73. The number of hydrogen-bond acceptors (Lipinski definition) is 3. The average molecular weight is 279 g/mol. The molecule has 21 heavy (non-hydrogen) atoms. The first-order valence-electron chi connectivity index (χ1n) is 6.11. The highest BCUT2D eigenvalue weighted by molar-refractivity contribution is 5.94. The summed E-state index contributed by atoms with van der Waals surface area (Å²) in [7, 11) is 0. The van der Waals surface area contributed by atoms with Crippen molar-refractivity contribution in [3.8, 4) is 12.1 Å². The second kappa shape index (κ2) is 6.31. The normalized spacial score (nSPS) is 9.48. The van der Waals surface area contributed by atoms with Crippen molar-refractivity contribution in [1.82, 2.24) is 5.32 Å². The van der Waals surface area contributed by atoms with Crippen LogP contribution in [0.4, 0.5) is 4.39 Å². The third-order valence-electron chi connectivity index (χ3n) is 2.90. The molecular formula is C16H10FN3O. The third kappa shape index (κ3) is 3.43. The van der Waals surface area contributed by atoms with Gasteiger partial charge in [-0.2, -0.15) is 10.5 Å². The summed E-state index contributed by atoms with van der Waals surface area (Å²) in [5, 5.41) is 19.9. The Morgan fingerprint density at radius 3 is 2.24 bits per heavy atom. The van der Waals surface area contributed by atoms with Crippen LogP contribution in [0.3, 0.4) is 0 Å². The second-order valence-electron chi connectivity index (χ2n) is 4.29. The summed E-state index contributed by atoms with van der Waals surface area (Å²) >= 11 is 0. The molecule has 2 aromatic rings. The molecular weight excluding hydrogens is 269 g/mol. The fourth-order valence-electron chi connectivity index (χ4n) is 1.73. The van der Waals surface area contributed by atoms with E-state index >= 15 is 0 Å². The Labute approximate surface area is 121 Å². The van der Waals surface area contributed by atoms with E-state index < -0.39 is 5.82 Å². The van der Waals surface area contributed by atoms with E-state index in [1.807, 2.05) is 12.1 Å². The number of nitrogens with zero attached hydrogens (tertiary/aromatic N) is 2. The molecule has 0 saturated carbocycles. The Kier molecular flexibility index (Phi) is 4.28. The van der Waals surface area contributed by atoms with Gasteiger partial charge in [0.1, 0.15) is 5.82 Å². The van der Waals surface area contributed by atoms with Gasteiger partial charge in [-0.3, -0.25) is 4.79 Å². The maximum atomic E-state index is 13.7. The largest absolute Gasteiger partial charge is 0.348 e. The predicted octanol–water partition coefficient (Wildman–Crippen LogP) is 2.50. The topological polar surface area (TPSA) is 76.7 Å². The number of halogens is 1. The highest BCUT2D eigenvalue weighted by Gasteiger charge is 2.08. The molecule has 0 saturated heterocycles. The van der Waals surface area contributed by atoms with Crippen LogP contribution in [-0.2, 0) is 6.54 Å². The zero-order valence-electron chi connectivity index (χ0n) is 10.9. The molecule has 0 fully saturated rings. The summed E-state index contributed by atoms with van der Waals surface area (Å²) in [6.07, 6.45) is 0. The molecule has 0 atom stereocenters. The quantitative estimate of drug-likeness (QED) is 0.937. The summed E-state index contributed by atoms with van der Waals surface area (Å²) in [5.74, 6) is -0.891. The average Bonchev–Trinajstić information content (AvgIpc) is 2.53. The van der Waals surface area contributed by atoms with E-state index in [1.54, 1.807) is 0 Å². The van der Waals surface area contributed by atoms with Crippen LogP contribution in [0.1, 0.15) is 27.0 Å². The minimum absolute atomic E-state index is 0.0242. The molecule has 5 heteroatoms. The Bertz CT molecular complexity index is 755. The molecule has 102 valence electrons. The van der Waals surface area contributed by atoms with Crippen LogP contribution in [0.5, 0.6) is 0 Å². The van der Waals surface area contributed by atoms with Crippen LogP contribution in [0.15, 0.2) is 42.5 Å². The molecule has 1 N–H and O–H groups in total. The predicted molar refractivity (Wildman–Crippen MR) is 73.4 cm³/mol. The van der Waals surface area contributed by atoms with Gasteiger partial charge in [-0.15, -0.1) is 0 Å². The lowest BCUT2D eigenvalue weighted by Crippen LogP contribution is -2.23. The van der Waals surface area contributed by atoms with Gasteiger partial charge in [0.15, 0.2) is 0 Å². The molecule has 0 spiro atoms. The first kappa shape index (κ1) is 14.2. The van der Waals surface area contributed by atoms with Gasteiger partial charge in [-0.1, -0.05) is 6.07 Å². The number of carbonyl (C=O) groups is 1. The Hall–Kier alpha value is -3.18. The molecule has 2 aromatic carbocycles. The summed E-state index contributed by atoms with van der Waals surface area (Å²) in [4.78, 5) is 11.9. The molecule has 4 nitrogen and oxygen atoms in total. The van der Waals surface area contributed by atoms with E-state index in [0.29, 0.717) is 16.7 Å². The summed E-state index contributed by atoms with van der Waals surface area (Å²) in [6, 6.07) is 14.0. The Balaban J connectivity index is 2.04. The maximum absolute atomic E-state index is 13.7. The Morgan fingerprint density at radius 1 is 1.05 bits per heavy atom. The summed E-state index contributed by atoms with van der Waals surface area (Å²) < 4.78 is 13.7. The minimum Gasteiger partial charge on any atom is -0.348 e. The Morgan fingerprint density at radius 2 is 1.67 bits per heavy atom. The standard InChI is InChI=1S/C16H10FN3O/c17-15-7-12(9-19)3-6-14(15)10-20-16(21)13-4-1-11(8-18)2-5-13/h1-7H,10H2,(H,20,21). The van der Waals surface area contributed by atoms with E-state index in [0.717, 1.165) is 6.07 Å². The minimum atomic E-state index is -0.533. The van der Waals surface area contributed by atoms with E-state index in [1.165, 1.54) is 36.4 Å². The SMILES string of the molecule is N#Cc1ccc(C(=O)NCc2ccc(C#N)cc2F)cc1. The van der Waals surface area contributed by atoms with Crippen LogP contribution in [0.2, 0.25) is 0 Å². The number of rotatable bonds is 3. The van der Waals surface area contributed by atoms with Gasteiger partial charge in [-0.05, 0) is 36.4 Å². The van der Waals surface area contributed by atoms with Crippen LogP contribution in [0.25, 0.3) is 0 Å². The highest BCUT2D eigenvalue weighted by Crippen LogP contribution is 2.10. The fraction of sp³-hybridized carbons (Fsp3) is 0.0625. The third-order valence-corrected chi connectivity index (χ3v) is 2.90. The zero-order chi connectivity index (χ0) is 15.2. The van der Waals surface area contributed by atoms with Crippen molar-refractivity contribution >= 4 is 5.91 Å². The number of nitrogens with one attached hydrogen (secondary N) is 1. The van der Waals surface area contributed by atoms with Gasteiger partial charge in [0.05, 0.1) is 23.3 Å². The van der Waals surface area contributed by atoms with E-state index in [2.05, 4.69) is 5.32 Å². The smallest absolute Gasteiger partial charge is 0.251 e. The molecule has 0 bridgehead atoms. The van der Waals surface area contributed by atoms with Crippen LogP contribution < -0.4 is 5.32 Å². The van der Waals surface area contributed by atoms with E-state index in [-0.39, 0.29) is 18.0 Å². The molecule has 1 amide bonds. The van der Waals surface area contributed by atoms with Crippen molar-refractivity contribution in [2.45, 2.75) is 6.54 Å². The van der Waals surface area contributed by atoms with E-state index in [9.17, 15) is 9.18 Å². The van der Waals surface area contributed by atoms with Gasteiger partial charge >= 0.3 is 0 Å². The number of amides is 1. The molecule has 2 rings (SSSR count). The molecule has 0 unspecified atom stereocenters. The lowest BCUT2D eigenvalue weighted by atomic mass is 10.1. The number of benzene rings is 2. The van der Waals surface area contributed by atoms with Crippen molar-refractivity contribution in [3.05, 3.63) is 70.5 Å².